The first-order valence-corrected chi connectivity index (χ1v) is 5.55. The van der Waals surface area contributed by atoms with Crippen molar-refractivity contribution in [3.63, 3.8) is 0 Å². The lowest BCUT2D eigenvalue weighted by molar-refractivity contribution is -0.189. The van der Waals surface area contributed by atoms with Gasteiger partial charge in [0.05, 0.1) is 6.61 Å². The monoisotopic (exact) mass is 240 g/mol. The minimum atomic E-state index is -4.27. The van der Waals surface area contributed by atoms with E-state index in [2.05, 4.69) is 0 Å². The molecule has 0 amide bonds. The van der Waals surface area contributed by atoms with Crippen molar-refractivity contribution >= 4 is 0 Å². The Labute approximate surface area is 93.4 Å². The van der Waals surface area contributed by atoms with Crippen molar-refractivity contribution < 1.29 is 18.3 Å². The quantitative estimate of drug-likeness (QED) is 0.769. The Kier molecular flexibility index (Phi) is 4.58. The van der Waals surface area contributed by atoms with E-state index in [0.29, 0.717) is 13.0 Å². The van der Waals surface area contributed by atoms with Crippen molar-refractivity contribution in [1.82, 2.24) is 4.90 Å². The molecule has 3 N–H and O–H groups in total. The number of halogens is 3. The van der Waals surface area contributed by atoms with Gasteiger partial charge in [-0.05, 0) is 31.8 Å². The topological polar surface area (TPSA) is 49.5 Å². The molecule has 3 nitrogen and oxygen atoms in total. The van der Waals surface area contributed by atoms with Crippen molar-refractivity contribution in [3.05, 3.63) is 0 Å². The largest absolute Gasteiger partial charge is 0.404 e. The molecule has 6 heteroatoms. The zero-order valence-corrected chi connectivity index (χ0v) is 9.37. The summed E-state index contributed by atoms with van der Waals surface area (Å²) in [5.74, 6) is 0.104. The molecular formula is C10H19F3N2O. The van der Waals surface area contributed by atoms with Crippen LogP contribution in [0.25, 0.3) is 0 Å². The van der Waals surface area contributed by atoms with Crippen molar-refractivity contribution in [1.29, 1.82) is 0 Å². The van der Waals surface area contributed by atoms with Crippen LogP contribution in [-0.4, -0.2) is 48.0 Å². The molecule has 0 radical (unpaired) electrons. The Morgan fingerprint density at radius 1 is 1.50 bits per heavy atom. The van der Waals surface area contributed by atoms with Crippen LogP contribution < -0.4 is 5.73 Å². The smallest absolute Gasteiger partial charge is 0.395 e. The van der Waals surface area contributed by atoms with Crippen LogP contribution in [0.1, 0.15) is 19.8 Å². The van der Waals surface area contributed by atoms with E-state index < -0.39 is 18.3 Å². The van der Waals surface area contributed by atoms with Gasteiger partial charge in [0.2, 0.25) is 0 Å². The maximum atomic E-state index is 12.8. The van der Waals surface area contributed by atoms with Gasteiger partial charge in [0.15, 0.2) is 0 Å². The summed E-state index contributed by atoms with van der Waals surface area (Å²) in [6.07, 6.45) is -3.67. The highest BCUT2D eigenvalue weighted by atomic mass is 19.4. The molecule has 1 fully saturated rings. The van der Waals surface area contributed by atoms with E-state index in [0.717, 1.165) is 0 Å². The standard InChI is InChI=1S/C10H19F3N2O/c1-7-3-5-15(8(7)6-16)9(2-4-14)10(11,12)13/h7-9,16H,2-6,14H2,1H3. The molecule has 0 saturated carbocycles. The predicted molar refractivity (Wildman–Crippen MR) is 54.9 cm³/mol. The molecule has 0 aromatic rings. The average molecular weight is 240 g/mol. The SMILES string of the molecule is CC1CCN(C(CCN)C(F)(F)F)C1CO. The zero-order valence-electron chi connectivity index (χ0n) is 9.37. The van der Waals surface area contributed by atoms with Crippen molar-refractivity contribution in [2.45, 2.75) is 38.0 Å². The van der Waals surface area contributed by atoms with Crippen LogP contribution in [0.3, 0.4) is 0 Å². The third kappa shape index (κ3) is 2.87. The zero-order chi connectivity index (χ0) is 12.3. The lowest BCUT2D eigenvalue weighted by Crippen LogP contribution is -2.50. The molecule has 0 aliphatic carbocycles. The number of hydrogen-bond acceptors (Lipinski definition) is 3. The molecule has 1 saturated heterocycles. The normalized spacial score (nSPS) is 29.6. The van der Waals surface area contributed by atoms with Gasteiger partial charge in [-0.1, -0.05) is 6.92 Å². The highest BCUT2D eigenvalue weighted by Crippen LogP contribution is 2.34. The van der Waals surface area contributed by atoms with Gasteiger partial charge in [0.25, 0.3) is 0 Å². The molecule has 3 atom stereocenters. The summed E-state index contributed by atoms with van der Waals surface area (Å²) in [6.45, 7) is 2.04. The Morgan fingerprint density at radius 3 is 2.56 bits per heavy atom. The molecule has 1 aliphatic rings. The molecule has 0 aromatic carbocycles. The molecule has 0 spiro atoms. The highest BCUT2D eigenvalue weighted by molar-refractivity contribution is 4.91. The number of aliphatic hydroxyl groups is 1. The van der Waals surface area contributed by atoms with Crippen LogP contribution in [0.5, 0.6) is 0 Å². The third-order valence-electron chi connectivity index (χ3n) is 3.33. The van der Waals surface area contributed by atoms with Crippen LogP contribution in [0.4, 0.5) is 13.2 Å². The molecule has 1 rings (SSSR count). The van der Waals surface area contributed by atoms with Crippen molar-refractivity contribution in [2.24, 2.45) is 11.7 Å². The number of likely N-dealkylation sites (tertiary alicyclic amines) is 1. The van der Waals surface area contributed by atoms with E-state index in [1.165, 1.54) is 4.90 Å². The van der Waals surface area contributed by atoms with E-state index in [9.17, 15) is 13.2 Å². The summed E-state index contributed by atoms with van der Waals surface area (Å²) in [7, 11) is 0. The van der Waals surface area contributed by atoms with E-state index >= 15 is 0 Å². The molecule has 0 aromatic heterocycles. The number of rotatable bonds is 4. The van der Waals surface area contributed by atoms with Gasteiger partial charge in [-0.2, -0.15) is 13.2 Å². The number of nitrogens with two attached hydrogens (primary N) is 1. The van der Waals surface area contributed by atoms with E-state index in [4.69, 9.17) is 10.8 Å². The van der Waals surface area contributed by atoms with Crippen LogP contribution in [-0.2, 0) is 0 Å². The van der Waals surface area contributed by atoms with Gasteiger partial charge in [-0.3, -0.25) is 4.90 Å². The fourth-order valence-electron chi connectivity index (χ4n) is 2.38. The van der Waals surface area contributed by atoms with Gasteiger partial charge in [0.1, 0.15) is 6.04 Å². The van der Waals surface area contributed by atoms with Crippen LogP contribution in [0.15, 0.2) is 0 Å². The highest BCUT2D eigenvalue weighted by Gasteiger charge is 2.47. The second-order valence-electron chi connectivity index (χ2n) is 4.39. The number of alkyl halides is 3. The van der Waals surface area contributed by atoms with Gasteiger partial charge in [-0.25, -0.2) is 0 Å². The van der Waals surface area contributed by atoms with E-state index in [-0.39, 0.29) is 25.5 Å². The van der Waals surface area contributed by atoms with Crippen molar-refractivity contribution in [2.75, 3.05) is 19.7 Å². The Bertz CT molecular complexity index is 223. The van der Waals surface area contributed by atoms with Crippen LogP contribution in [0.2, 0.25) is 0 Å². The summed E-state index contributed by atoms with van der Waals surface area (Å²) < 4.78 is 38.5. The number of hydrogen-bond donors (Lipinski definition) is 2. The van der Waals surface area contributed by atoms with Crippen molar-refractivity contribution in [3.8, 4) is 0 Å². The maximum Gasteiger partial charge on any atom is 0.404 e. The number of nitrogens with zero attached hydrogens (tertiary/aromatic N) is 1. The molecule has 0 bridgehead atoms. The van der Waals surface area contributed by atoms with Gasteiger partial charge in [-0.15, -0.1) is 0 Å². The minimum absolute atomic E-state index is 0.00715. The Hall–Kier alpha value is -0.330. The van der Waals surface area contributed by atoms with E-state index in [1.54, 1.807) is 0 Å². The van der Waals surface area contributed by atoms with Gasteiger partial charge in [0, 0.05) is 6.04 Å². The van der Waals surface area contributed by atoms with E-state index in [1.807, 2.05) is 6.92 Å². The molecular weight excluding hydrogens is 221 g/mol. The number of aliphatic hydroxyl groups excluding tert-OH is 1. The lowest BCUT2D eigenvalue weighted by Gasteiger charge is -2.34. The summed E-state index contributed by atoms with van der Waals surface area (Å²) in [5, 5.41) is 9.15. The molecule has 96 valence electrons. The summed E-state index contributed by atoms with van der Waals surface area (Å²) in [4.78, 5) is 1.36. The minimum Gasteiger partial charge on any atom is -0.395 e. The predicted octanol–water partition coefficient (Wildman–Crippen LogP) is 0.969. The second-order valence-corrected chi connectivity index (χ2v) is 4.39. The molecule has 1 heterocycles. The molecule has 1 aliphatic heterocycles. The first-order chi connectivity index (χ1) is 7.41. The Morgan fingerprint density at radius 2 is 2.12 bits per heavy atom. The van der Waals surface area contributed by atoms with Crippen LogP contribution >= 0.6 is 0 Å². The molecule has 3 unspecified atom stereocenters. The van der Waals surface area contributed by atoms with Gasteiger partial charge >= 0.3 is 6.18 Å². The lowest BCUT2D eigenvalue weighted by atomic mass is 10.0. The van der Waals surface area contributed by atoms with Crippen LogP contribution in [0, 0.1) is 5.92 Å². The first kappa shape index (κ1) is 13.7. The second kappa shape index (κ2) is 5.33. The summed E-state index contributed by atoms with van der Waals surface area (Å²) in [6, 6.07) is -1.90. The maximum absolute atomic E-state index is 12.8. The fourth-order valence-corrected chi connectivity index (χ4v) is 2.38. The Balaban J connectivity index is 2.78. The molecule has 16 heavy (non-hydrogen) atoms. The fraction of sp³-hybridized carbons (Fsp3) is 1.00. The summed E-state index contributed by atoms with van der Waals surface area (Å²) in [5.41, 5.74) is 5.23. The summed E-state index contributed by atoms with van der Waals surface area (Å²) >= 11 is 0. The average Bonchev–Trinajstić information content (AvgIpc) is 2.54. The first-order valence-electron chi connectivity index (χ1n) is 5.55. The third-order valence-corrected chi connectivity index (χ3v) is 3.33. The van der Waals surface area contributed by atoms with Gasteiger partial charge < -0.3 is 10.8 Å².